The van der Waals surface area contributed by atoms with Gasteiger partial charge in [-0.3, -0.25) is 9.59 Å². The first kappa shape index (κ1) is 16.2. The van der Waals surface area contributed by atoms with Gasteiger partial charge in [-0.15, -0.1) is 0 Å². The molecular formula is C20H22N2O2. The highest BCUT2D eigenvalue weighted by atomic mass is 16.2. The Hall–Kier alpha value is -2.62. The number of rotatable bonds is 4. The summed E-state index contributed by atoms with van der Waals surface area (Å²) in [5.41, 5.74) is 3.53. The summed E-state index contributed by atoms with van der Waals surface area (Å²) in [7, 11) is 0. The van der Waals surface area contributed by atoms with Crippen LogP contribution in [0.1, 0.15) is 36.2 Å². The van der Waals surface area contributed by atoms with Gasteiger partial charge in [0.15, 0.2) is 5.78 Å². The van der Waals surface area contributed by atoms with Gasteiger partial charge < -0.3 is 10.2 Å². The second-order valence-electron chi connectivity index (χ2n) is 6.19. The van der Waals surface area contributed by atoms with Gasteiger partial charge in [-0.25, -0.2) is 0 Å². The van der Waals surface area contributed by atoms with Gasteiger partial charge >= 0.3 is 0 Å². The Morgan fingerprint density at radius 2 is 1.79 bits per heavy atom. The number of Topliss-reactive ketones (excluding diaryl/α,β-unsaturated/α-hetero) is 1. The molecule has 0 fully saturated rings. The number of fused-ring (bicyclic) bond motifs is 1. The standard InChI is InChI=1S/C20H22N2O2/c1-14(22-13-7-9-16-8-3-6-12-19(16)22)20(24)21-18-11-5-4-10-17(18)15(2)23/h3-6,8,10-12,14H,7,9,13H2,1-2H3,(H,21,24)/t14-/m1/s1. The number of hydrogen-bond acceptors (Lipinski definition) is 3. The molecule has 0 unspecified atom stereocenters. The Labute approximate surface area is 142 Å². The molecule has 1 heterocycles. The topological polar surface area (TPSA) is 49.4 Å². The van der Waals surface area contributed by atoms with Crippen LogP contribution in [0, 0.1) is 0 Å². The molecule has 0 saturated heterocycles. The van der Waals surface area contributed by atoms with E-state index in [1.54, 1.807) is 18.2 Å². The van der Waals surface area contributed by atoms with E-state index in [4.69, 9.17) is 0 Å². The van der Waals surface area contributed by atoms with Gasteiger partial charge in [0.2, 0.25) is 5.91 Å². The molecule has 3 rings (SSSR count). The number of aryl methyl sites for hydroxylation is 1. The number of benzene rings is 2. The quantitative estimate of drug-likeness (QED) is 0.874. The molecule has 0 aliphatic carbocycles. The molecule has 2 aromatic carbocycles. The summed E-state index contributed by atoms with van der Waals surface area (Å²) >= 11 is 0. The minimum atomic E-state index is -0.300. The van der Waals surface area contributed by atoms with Gasteiger partial charge in [0.05, 0.1) is 5.69 Å². The maximum Gasteiger partial charge on any atom is 0.246 e. The third kappa shape index (κ3) is 3.18. The maximum atomic E-state index is 12.7. The summed E-state index contributed by atoms with van der Waals surface area (Å²) < 4.78 is 0. The summed E-state index contributed by atoms with van der Waals surface area (Å²) in [5.74, 6) is -0.151. The Bertz CT molecular complexity index is 770. The third-order valence-electron chi connectivity index (χ3n) is 4.56. The van der Waals surface area contributed by atoms with Crippen LogP contribution in [0.15, 0.2) is 48.5 Å². The summed E-state index contributed by atoms with van der Waals surface area (Å²) in [6, 6.07) is 15.1. The highest BCUT2D eigenvalue weighted by Crippen LogP contribution is 2.28. The van der Waals surface area contributed by atoms with Crippen LogP contribution in [0.5, 0.6) is 0 Å². The van der Waals surface area contributed by atoms with Crippen molar-refractivity contribution >= 4 is 23.1 Å². The van der Waals surface area contributed by atoms with Crippen molar-refractivity contribution < 1.29 is 9.59 Å². The second-order valence-corrected chi connectivity index (χ2v) is 6.19. The lowest BCUT2D eigenvalue weighted by molar-refractivity contribution is -0.117. The van der Waals surface area contributed by atoms with Crippen molar-refractivity contribution in [1.29, 1.82) is 0 Å². The van der Waals surface area contributed by atoms with Gasteiger partial charge in [0.1, 0.15) is 6.04 Å². The van der Waals surface area contributed by atoms with Crippen LogP contribution in [0.4, 0.5) is 11.4 Å². The Morgan fingerprint density at radius 3 is 2.58 bits per heavy atom. The normalized spacial score (nSPS) is 14.7. The molecule has 0 spiro atoms. The number of nitrogens with one attached hydrogen (secondary N) is 1. The number of para-hydroxylation sites is 2. The van der Waals surface area contributed by atoms with Crippen LogP contribution >= 0.6 is 0 Å². The molecule has 1 amide bonds. The zero-order valence-electron chi connectivity index (χ0n) is 14.1. The predicted octanol–water partition coefficient (Wildman–Crippen LogP) is 3.67. The lowest BCUT2D eigenvalue weighted by Crippen LogP contribution is -2.44. The SMILES string of the molecule is CC(=O)c1ccccc1NC(=O)[C@@H](C)N1CCCc2ccccc21. The van der Waals surface area contributed by atoms with Crippen LogP contribution in [0.25, 0.3) is 0 Å². The van der Waals surface area contributed by atoms with E-state index in [1.165, 1.54) is 12.5 Å². The average molecular weight is 322 g/mol. The minimum Gasteiger partial charge on any atom is -0.360 e. The molecule has 0 saturated carbocycles. The molecule has 1 N–H and O–H groups in total. The lowest BCUT2D eigenvalue weighted by atomic mass is 10.00. The van der Waals surface area contributed by atoms with E-state index in [2.05, 4.69) is 22.3 Å². The van der Waals surface area contributed by atoms with Crippen LogP contribution in [-0.4, -0.2) is 24.3 Å². The van der Waals surface area contributed by atoms with Crippen molar-refractivity contribution in [2.75, 3.05) is 16.8 Å². The first-order valence-electron chi connectivity index (χ1n) is 8.33. The van der Waals surface area contributed by atoms with E-state index < -0.39 is 0 Å². The number of nitrogens with zero attached hydrogens (tertiary/aromatic N) is 1. The van der Waals surface area contributed by atoms with Crippen molar-refractivity contribution in [3.05, 3.63) is 59.7 Å². The molecule has 1 atom stereocenters. The monoisotopic (exact) mass is 322 g/mol. The van der Waals surface area contributed by atoms with Gasteiger partial charge in [0.25, 0.3) is 0 Å². The average Bonchev–Trinajstić information content (AvgIpc) is 2.61. The van der Waals surface area contributed by atoms with Crippen LogP contribution in [-0.2, 0) is 11.2 Å². The molecule has 1 aliphatic rings. The van der Waals surface area contributed by atoms with E-state index in [-0.39, 0.29) is 17.7 Å². The zero-order valence-corrected chi connectivity index (χ0v) is 14.1. The predicted molar refractivity (Wildman–Crippen MR) is 96.6 cm³/mol. The van der Waals surface area contributed by atoms with Crippen LogP contribution < -0.4 is 10.2 Å². The lowest BCUT2D eigenvalue weighted by Gasteiger charge is -2.35. The van der Waals surface area contributed by atoms with Crippen molar-refractivity contribution in [3.8, 4) is 0 Å². The van der Waals surface area contributed by atoms with Gasteiger partial charge in [-0.05, 0) is 50.5 Å². The number of carbonyl (C=O) groups excluding carboxylic acids is 2. The van der Waals surface area contributed by atoms with Crippen molar-refractivity contribution in [3.63, 3.8) is 0 Å². The molecule has 0 bridgehead atoms. The van der Waals surface area contributed by atoms with Gasteiger partial charge in [-0.1, -0.05) is 30.3 Å². The largest absolute Gasteiger partial charge is 0.360 e. The maximum absolute atomic E-state index is 12.7. The van der Waals surface area contributed by atoms with E-state index in [1.807, 2.05) is 25.1 Å². The van der Waals surface area contributed by atoms with Crippen molar-refractivity contribution in [2.45, 2.75) is 32.7 Å². The van der Waals surface area contributed by atoms with E-state index in [0.29, 0.717) is 11.3 Å². The Balaban J connectivity index is 1.81. The smallest absolute Gasteiger partial charge is 0.246 e. The minimum absolute atomic E-state index is 0.0538. The van der Waals surface area contributed by atoms with Crippen LogP contribution in [0.2, 0.25) is 0 Å². The number of ketones is 1. The molecule has 124 valence electrons. The third-order valence-corrected chi connectivity index (χ3v) is 4.56. The van der Waals surface area contributed by atoms with Gasteiger partial charge in [-0.2, -0.15) is 0 Å². The molecule has 4 nitrogen and oxygen atoms in total. The second kappa shape index (κ2) is 6.87. The molecule has 0 aromatic heterocycles. The summed E-state index contributed by atoms with van der Waals surface area (Å²) in [6.07, 6.45) is 2.09. The Kier molecular flexibility index (Phi) is 4.65. The van der Waals surface area contributed by atoms with Crippen LogP contribution in [0.3, 0.4) is 0 Å². The molecular weight excluding hydrogens is 300 g/mol. The number of carbonyl (C=O) groups is 2. The van der Waals surface area contributed by atoms with Crippen molar-refractivity contribution in [1.82, 2.24) is 0 Å². The Morgan fingerprint density at radius 1 is 1.08 bits per heavy atom. The highest BCUT2D eigenvalue weighted by molar-refractivity contribution is 6.05. The fourth-order valence-electron chi connectivity index (χ4n) is 3.24. The fraction of sp³-hybridized carbons (Fsp3) is 0.300. The summed E-state index contributed by atoms with van der Waals surface area (Å²) in [4.78, 5) is 26.6. The number of amides is 1. The number of hydrogen-bond donors (Lipinski definition) is 1. The first-order chi connectivity index (χ1) is 11.6. The summed E-state index contributed by atoms with van der Waals surface area (Å²) in [5, 5.41) is 2.92. The molecule has 2 aromatic rings. The first-order valence-corrected chi connectivity index (χ1v) is 8.33. The molecule has 24 heavy (non-hydrogen) atoms. The molecule has 4 heteroatoms. The van der Waals surface area contributed by atoms with E-state index in [0.717, 1.165) is 25.1 Å². The number of anilines is 2. The zero-order chi connectivity index (χ0) is 17.1. The van der Waals surface area contributed by atoms with E-state index in [9.17, 15) is 9.59 Å². The fourth-order valence-corrected chi connectivity index (χ4v) is 3.24. The molecule has 1 aliphatic heterocycles. The van der Waals surface area contributed by atoms with Gasteiger partial charge in [0, 0.05) is 17.8 Å². The highest BCUT2D eigenvalue weighted by Gasteiger charge is 2.26. The summed E-state index contributed by atoms with van der Waals surface area (Å²) in [6.45, 7) is 4.28. The molecule has 0 radical (unpaired) electrons. The van der Waals surface area contributed by atoms with E-state index >= 15 is 0 Å². The van der Waals surface area contributed by atoms with Crippen molar-refractivity contribution in [2.24, 2.45) is 0 Å².